The van der Waals surface area contributed by atoms with Crippen molar-refractivity contribution in [2.75, 3.05) is 23.7 Å². The molecule has 2 rings (SSSR count). The van der Waals surface area contributed by atoms with E-state index < -0.39 is 22.0 Å². The number of benzene rings is 2. The quantitative estimate of drug-likeness (QED) is 0.645. The first-order valence-electron chi connectivity index (χ1n) is 8.43. The molecule has 0 aliphatic rings. The molecule has 0 saturated heterocycles. The highest BCUT2D eigenvalue weighted by Gasteiger charge is 2.29. The average molecular weight is 411 g/mol. The fourth-order valence-corrected chi connectivity index (χ4v) is 3.93. The topological polar surface area (TPSA) is 75.7 Å². The van der Waals surface area contributed by atoms with Crippen molar-refractivity contribution >= 4 is 33.2 Å². The third-order valence-electron chi connectivity index (χ3n) is 3.81. The van der Waals surface area contributed by atoms with Crippen LogP contribution in [-0.2, 0) is 26.2 Å². The molecule has 1 N–H and O–H groups in total. The summed E-state index contributed by atoms with van der Waals surface area (Å²) in [5.41, 5.74) is 1.38. The molecule has 1 amide bonds. The zero-order valence-corrected chi connectivity index (χ0v) is 16.8. The second-order valence-corrected chi connectivity index (χ2v) is 8.34. The number of halogens is 1. The third-order valence-corrected chi connectivity index (χ3v) is 5.29. The van der Waals surface area contributed by atoms with Crippen LogP contribution in [0.4, 0.5) is 5.69 Å². The summed E-state index contributed by atoms with van der Waals surface area (Å²) in [6, 6.07) is 15.2. The number of anilines is 1. The van der Waals surface area contributed by atoms with Gasteiger partial charge in [-0.05, 0) is 30.7 Å². The molecule has 0 spiro atoms. The SMILES string of the molecule is C[C@@H](C(=O)NCCOCc1ccccc1)N(c1cccc(Cl)c1)S(C)(=O)=O. The molecule has 0 aliphatic heterocycles. The number of carbonyl (C=O) groups excluding carboxylic acids is 1. The van der Waals surface area contributed by atoms with Gasteiger partial charge in [-0.3, -0.25) is 9.10 Å². The number of sulfonamides is 1. The number of hydrogen-bond donors (Lipinski definition) is 1. The Hall–Kier alpha value is -2.09. The van der Waals surface area contributed by atoms with Crippen molar-refractivity contribution in [3.63, 3.8) is 0 Å². The van der Waals surface area contributed by atoms with Gasteiger partial charge in [0.15, 0.2) is 0 Å². The summed E-state index contributed by atoms with van der Waals surface area (Å²) in [6.45, 7) is 2.58. The van der Waals surface area contributed by atoms with Gasteiger partial charge in [0.2, 0.25) is 15.9 Å². The lowest BCUT2D eigenvalue weighted by Crippen LogP contribution is -2.48. The molecule has 8 heteroatoms. The van der Waals surface area contributed by atoms with E-state index in [0.29, 0.717) is 23.9 Å². The lowest BCUT2D eigenvalue weighted by Gasteiger charge is -2.28. The molecule has 0 aliphatic carbocycles. The number of nitrogens with zero attached hydrogens (tertiary/aromatic N) is 1. The Kier molecular flexibility index (Phi) is 7.65. The predicted octanol–water partition coefficient (Wildman–Crippen LogP) is 2.83. The minimum absolute atomic E-state index is 0.281. The summed E-state index contributed by atoms with van der Waals surface area (Å²) < 4.78 is 31.0. The molecule has 146 valence electrons. The van der Waals surface area contributed by atoms with Crippen LogP contribution >= 0.6 is 11.6 Å². The van der Waals surface area contributed by atoms with Gasteiger partial charge in [0, 0.05) is 11.6 Å². The van der Waals surface area contributed by atoms with Crippen molar-refractivity contribution in [3.05, 3.63) is 65.2 Å². The number of nitrogens with one attached hydrogen (secondary N) is 1. The van der Waals surface area contributed by atoms with Crippen LogP contribution in [0.15, 0.2) is 54.6 Å². The standard InChI is InChI=1S/C19H23ClN2O4S/c1-15(22(27(2,24)25)18-10-6-9-17(20)13-18)19(23)21-11-12-26-14-16-7-4-3-5-8-16/h3-10,13,15H,11-12,14H2,1-2H3,(H,21,23)/t15-/m0/s1. The van der Waals surface area contributed by atoms with Crippen LogP contribution in [0, 0.1) is 0 Å². The highest BCUT2D eigenvalue weighted by Crippen LogP contribution is 2.24. The van der Waals surface area contributed by atoms with Gasteiger partial charge in [-0.2, -0.15) is 0 Å². The molecule has 6 nitrogen and oxygen atoms in total. The number of ether oxygens (including phenoxy) is 1. The van der Waals surface area contributed by atoms with Crippen LogP contribution < -0.4 is 9.62 Å². The summed E-state index contributed by atoms with van der Waals surface area (Å²) in [5, 5.41) is 3.09. The van der Waals surface area contributed by atoms with Crippen molar-refractivity contribution in [1.29, 1.82) is 0 Å². The summed E-state index contributed by atoms with van der Waals surface area (Å²) in [6.07, 6.45) is 1.06. The molecule has 0 bridgehead atoms. The van der Waals surface area contributed by atoms with Crippen molar-refractivity contribution in [2.45, 2.75) is 19.6 Å². The fourth-order valence-electron chi connectivity index (χ4n) is 2.58. The first-order chi connectivity index (χ1) is 12.8. The van der Waals surface area contributed by atoms with Crippen LogP contribution in [-0.4, -0.2) is 39.8 Å². The maximum Gasteiger partial charge on any atom is 0.243 e. The van der Waals surface area contributed by atoms with Crippen LogP contribution in [0.2, 0.25) is 5.02 Å². The summed E-state index contributed by atoms with van der Waals surface area (Å²) >= 11 is 5.95. The van der Waals surface area contributed by atoms with Gasteiger partial charge in [-0.15, -0.1) is 0 Å². The number of hydrogen-bond acceptors (Lipinski definition) is 4. The lowest BCUT2D eigenvalue weighted by atomic mass is 10.2. The molecule has 2 aromatic rings. The first kappa shape index (κ1) is 21.2. The predicted molar refractivity (Wildman–Crippen MR) is 107 cm³/mol. The molecule has 1 atom stereocenters. The third kappa shape index (κ3) is 6.53. The molecular weight excluding hydrogens is 388 g/mol. The van der Waals surface area contributed by atoms with Crippen LogP contribution in [0.5, 0.6) is 0 Å². The van der Waals surface area contributed by atoms with E-state index in [1.54, 1.807) is 18.2 Å². The number of amides is 1. The number of rotatable bonds is 9. The maximum atomic E-state index is 12.4. The highest BCUT2D eigenvalue weighted by molar-refractivity contribution is 7.92. The Morgan fingerprint density at radius 2 is 1.89 bits per heavy atom. The van der Waals surface area contributed by atoms with E-state index in [-0.39, 0.29) is 6.54 Å². The Morgan fingerprint density at radius 3 is 2.52 bits per heavy atom. The van der Waals surface area contributed by atoms with Gasteiger partial charge >= 0.3 is 0 Å². The van der Waals surface area contributed by atoms with Gasteiger partial charge < -0.3 is 10.1 Å². The summed E-state index contributed by atoms with van der Waals surface area (Å²) in [7, 11) is -3.67. The molecule has 0 unspecified atom stereocenters. The molecular formula is C19H23ClN2O4S. The lowest BCUT2D eigenvalue weighted by molar-refractivity contribution is -0.122. The first-order valence-corrected chi connectivity index (χ1v) is 10.7. The van der Waals surface area contributed by atoms with Crippen molar-refractivity contribution < 1.29 is 17.9 Å². The van der Waals surface area contributed by atoms with E-state index in [0.717, 1.165) is 16.1 Å². The summed E-state index contributed by atoms with van der Waals surface area (Å²) in [4.78, 5) is 12.4. The Balaban J connectivity index is 1.91. The zero-order valence-electron chi connectivity index (χ0n) is 15.3. The van der Waals surface area contributed by atoms with Gasteiger partial charge in [0.1, 0.15) is 6.04 Å². The van der Waals surface area contributed by atoms with E-state index in [2.05, 4.69) is 5.32 Å². The van der Waals surface area contributed by atoms with E-state index >= 15 is 0 Å². The number of carbonyl (C=O) groups is 1. The Labute approximate surface area is 165 Å². The van der Waals surface area contributed by atoms with Crippen molar-refractivity contribution in [3.8, 4) is 0 Å². The minimum atomic E-state index is -3.67. The van der Waals surface area contributed by atoms with Gasteiger partial charge in [0.25, 0.3) is 0 Å². The maximum absolute atomic E-state index is 12.4. The van der Waals surface area contributed by atoms with Crippen LogP contribution in [0.3, 0.4) is 0 Å². The smallest absolute Gasteiger partial charge is 0.243 e. The van der Waals surface area contributed by atoms with Crippen LogP contribution in [0.25, 0.3) is 0 Å². The van der Waals surface area contributed by atoms with E-state index in [4.69, 9.17) is 16.3 Å². The monoisotopic (exact) mass is 410 g/mol. The largest absolute Gasteiger partial charge is 0.375 e. The molecule has 0 aromatic heterocycles. The average Bonchev–Trinajstić information content (AvgIpc) is 2.61. The molecule has 2 aromatic carbocycles. The van der Waals surface area contributed by atoms with Crippen LogP contribution in [0.1, 0.15) is 12.5 Å². The second kappa shape index (κ2) is 9.73. The molecule has 0 heterocycles. The van der Waals surface area contributed by atoms with E-state index in [1.165, 1.54) is 13.0 Å². The van der Waals surface area contributed by atoms with Gasteiger partial charge in [0.05, 0.1) is 25.2 Å². The zero-order chi connectivity index (χ0) is 19.9. The Bertz CT molecular complexity index is 859. The van der Waals surface area contributed by atoms with E-state index in [1.807, 2.05) is 30.3 Å². The minimum Gasteiger partial charge on any atom is -0.375 e. The molecule has 0 fully saturated rings. The normalized spacial score (nSPS) is 12.4. The van der Waals surface area contributed by atoms with Gasteiger partial charge in [-0.1, -0.05) is 48.0 Å². The highest BCUT2D eigenvalue weighted by atomic mass is 35.5. The summed E-state index contributed by atoms with van der Waals surface area (Å²) in [5.74, 6) is -0.413. The molecule has 27 heavy (non-hydrogen) atoms. The van der Waals surface area contributed by atoms with Gasteiger partial charge in [-0.25, -0.2) is 8.42 Å². The molecule has 0 saturated carbocycles. The fraction of sp³-hybridized carbons (Fsp3) is 0.316. The second-order valence-electron chi connectivity index (χ2n) is 6.04. The molecule has 0 radical (unpaired) electrons. The van der Waals surface area contributed by atoms with Crippen molar-refractivity contribution in [2.24, 2.45) is 0 Å². The Morgan fingerprint density at radius 1 is 1.19 bits per heavy atom. The van der Waals surface area contributed by atoms with Crippen molar-refractivity contribution in [1.82, 2.24) is 5.32 Å². The van der Waals surface area contributed by atoms with E-state index in [9.17, 15) is 13.2 Å².